The fourth-order valence-corrected chi connectivity index (χ4v) is 4.09. The fraction of sp³-hybridized carbons (Fsp3) is 0.238. The Morgan fingerprint density at radius 3 is 2.57 bits per heavy atom. The van der Waals surface area contributed by atoms with Crippen LogP contribution < -0.4 is 5.56 Å². The number of aryl methyl sites for hydroxylation is 3. The molecule has 2 heterocycles. The van der Waals surface area contributed by atoms with Gasteiger partial charge >= 0.3 is 0 Å². The molecule has 0 aliphatic heterocycles. The average molecular weight is 392 g/mol. The Morgan fingerprint density at radius 1 is 1.07 bits per heavy atom. The maximum atomic E-state index is 13.4. The van der Waals surface area contributed by atoms with E-state index in [9.17, 15) is 4.79 Å². The molecule has 7 heteroatoms. The summed E-state index contributed by atoms with van der Waals surface area (Å²) in [5.74, 6) is 1.03. The molecule has 0 bridgehead atoms. The highest BCUT2D eigenvalue weighted by atomic mass is 32.2. The van der Waals surface area contributed by atoms with Gasteiger partial charge in [0.1, 0.15) is 0 Å². The first-order valence-electron chi connectivity index (χ1n) is 9.00. The van der Waals surface area contributed by atoms with Crippen molar-refractivity contribution in [3.8, 4) is 5.69 Å². The molecule has 2 aromatic heterocycles. The Hall–Kier alpha value is -2.93. The zero-order chi connectivity index (χ0) is 19.8. The summed E-state index contributed by atoms with van der Waals surface area (Å²) >= 11 is 1.43. The lowest BCUT2D eigenvalue weighted by molar-refractivity contribution is 0.470. The molecule has 0 spiro atoms. The van der Waals surface area contributed by atoms with Gasteiger partial charge in [0.15, 0.2) is 5.16 Å². The minimum Gasteiger partial charge on any atom is -0.424 e. The van der Waals surface area contributed by atoms with Gasteiger partial charge in [-0.05, 0) is 44.5 Å². The van der Waals surface area contributed by atoms with Crippen molar-refractivity contribution in [2.75, 3.05) is 0 Å². The standard InChI is InChI=1S/C21H20N4O2S/c1-12-9-10-18(13(2)11-12)25-20(26)16-7-5-6-8-17(16)22-21(25)28-14(3)19-24-23-15(4)27-19/h5-11,14H,1-4H3. The molecule has 0 fully saturated rings. The number of fused-ring (bicyclic) bond motifs is 1. The van der Waals surface area contributed by atoms with Crippen LogP contribution in [0.2, 0.25) is 0 Å². The maximum absolute atomic E-state index is 13.4. The number of aromatic nitrogens is 4. The molecular weight excluding hydrogens is 372 g/mol. The highest BCUT2D eigenvalue weighted by Gasteiger charge is 2.20. The molecule has 0 radical (unpaired) electrons. The summed E-state index contributed by atoms with van der Waals surface area (Å²) in [6.45, 7) is 7.76. The smallest absolute Gasteiger partial charge is 0.266 e. The van der Waals surface area contributed by atoms with Crippen LogP contribution in [0.5, 0.6) is 0 Å². The van der Waals surface area contributed by atoms with Crippen molar-refractivity contribution < 1.29 is 4.42 Å². The minimum absolute atomic E-state index is 0.0889. The van der Waals surface area contributed by atoms with Crippen molar-refractivity contribution in [2.45, 2.75) is 38.1 Å². The Labute approximate surface area is 166 Å². The molecule has 0 saturated carbocycles. The van der Waals surface area contributed by atoms with Crippen LogP contribution in [0.15, 0.2) is 56.8 Å². The number of thioether (sulfide) groups is 1. The van der Waals surface area contributed by atoms with Crippen molar-refractivity contribution in [2.24, 2.45) is 0 Å². The minimum atomic E-state index is -0.147. The predicted molar refractivity (Wildman–Crippen MR) is 110 cm³/mol. The van der Waals surface area contributed by atoms with E-state index >= 15 is 0 Å². The highest BCUT2D eigenvalue weighted by Crippen LogP contribution is 2.34. The molecule has 0 aliphatic carbocycles. The van der Waals surface area contributed by atoms with Gasteiger partial charge in [-0.2, -0.15) is 0 Å². The number of rotatable bonds is 4. The Balaban J connectivity index is 1.92. The number of para-hydroxylation sites is 1. The van der Waals surface area contributed by atoms with Crippen molar-refractivity contribution in [1.29, 1.82) is 0 Å². The second-order valence-electron chi connectivity index (χ2n) is 6.76. The van der Waals surface area contributed by atoms with Crippen LogP contribution in [0.25, 0.3) is 16.6 Å². The topological polar surface area (TPSA) is 73.8 Å². The summed E-state index contributed by atoms with van der Waals surface area (Å²) in [4.78, 5) is 18.2. The van der Waals surface area contributed by atoms with E-state index in [2.05, 4.69) is 16.3 Å². The van der Waals surface area contributed by atoms with Gasteiger partial charge in [0, 0.05) is 6.92 Å². The molecule has 1 unspecified atom stereocenters. The number of benzene rings is 2. The van der Waals surface area contributed by atoms with Gasteiger partial charge in [0.25, 0.3) is 5.56 Å². The van der Waals surface area contributed by atoms with Crippen LogP contribution in [0.4, 0.5) is 0 Å². The Bertz CT molecular complexity index is 1230. The second kappa shape index (κ2) is 7.24. The van der Waals surface area contributed by atoms with Crippen LogP contribution in [-0.4, -0.2) is 19.7 Å². The molecule has 0 aliphatic rings. The summed E-state index contributed by atoms with van der Waals surface area (Å²) in [6.07, 6.45) is 0. The van der Waals surface area contributed by atoms with Gasteiger partial charge in [-0.15, -0.1) is 10.2 Å². The van der Waals surface area contributed by atoms with E-state index in [1.54, 1.807) is 11.5 Å². The van der Waals surface area contributed by atoms with Crippen LogP contribution in [-0.2, 0) is 0 Å². The molecule has 0 amide bonds. The number of hydrogen-bond donors (Lipinski definition) is 0. The Kier molecular flexibility index (Phi) is 4.77. The monoisotopic (exact) mass is 392 g/mol. The van der Waals surface area contributed by atoms with Crippen LogP contribution in [0, 0.1) is 20.8 Å². The van der Waals surface area contributed by atoms with E-state index in [1.807, 2.05) is 57.2 Å². The molecule has 0 saturated heterocycles. The van der Waals surface area contributed by atoms with Gasteiger partial charge in [-0.3, -0.25) is 9.36 Å². The molecule has 142 valence electrons. The van der Waals surface area contributed by atoms with Crippen molar-refractivity contribution in [3.63, 3.8) is 0 Å². The lowest BCUT2D eigenvalue weighted by Crippen LogP contribution is -2.22. The molecule has 4 aromatic rings. The van der Waals surface area contributed by atoms with Gasteiger partial charge < -0.3 is 4.42 Å². The number of hydrogen-bond acceptors (Lipinski definition) is 6. The molecule has 4 rings (SSSR count). The summed E-state index contributed by atoms with van der Waals surface area (Å²) in [5, 5.41) is 9.05. The lowest BCUT2D eigenvalue weighted by atomic mass is 10.1. The summed E-state index contributed by atoms with van der Waals surface area (Å²) in [5.41, 5.74) is 3.57. The fourth-order valence-electron chi connectivity index (χ4n) is 3.14. The predicted octanol–water partition coefficient (Wildman–Crippen LogP) is 4.55. The van der Waals surface area contributed by atoms with Crippen LogP contribution >= 0.6 is 11.8 Å². The third-order valence-corrected chi connectivity index (χ3v) is 5.55. The summed E-state index contributed by atoms with van der Waals surface area (Å²) < 4.78 is 7.24. The van der Waals surface area contributed by atoms with E-state index in [1.165, 1.54) is 11.8 Å². The summed E-state index contributed by atoms with van der Waals surface area (Å²) in [6, 6.07) is 13.4. The average Bonchev–Trinajstić information content (AvgIpc) is 3.10. The second-order valence-corrected chi connectivity index (χ2v) is 8.07. The van der Waals surface area contributed by atoms with Crippen molar-refractivity contribution in [3.05, 3.63) is 75.7 Å². The van der Waals surface area contributed by atoms with Gasteiger partial charge in [0.2, 0.25) is 11.8 Å². The van der Waals surface area contributed by atoms with Gasteiger partial charge in [-0.25, -0.2) is 4.98 Å². The molecule has 1 atom stereocenters. The maximum Gasteiger partial charge on any atom is 0.266 e. The zero-order valence-corrected chi connectivity index (χ0v) is 16.9. The quantitative estimate of drug-likeness (QED) is 0.375. The van der Waals surface area contributed by atoms with E-state index in [0.717, 1.165) is 16.8 Å². The molecule has 28 heavy (non-hydrogen) atoms. The first-order valence-corrected chi connectivity index (χ1v) is 9.88. The zero-order valence-electron chi connectivity index (χ0n) is 16.1. The largest absolute Gasteiger partial charge is 0.424 e. The third kappa shape index (κ3) is 3.33. The van der Waals surface area contributed by atoms with Crippen LogP contribution in [0.1, 0.15) is 35.1 Å². The molecule has 6 nitrogen and oxygen atoms in total. The molecular formula is C21H20N4O2S. The highest BCUT2D eigenvalue weighted by molar-refractivity contribution is 7.99. The SMILES string of the molecule is Cc1ccc(-n2c(SC(C)c3nnc(C)o3)nc3ccccc3c2=O)c(C)c1. The normalized spacial score (nSPS) is 12.4. The van der Waals surface area contributed by atoms with Crippen molar-refractivity contribution in [1.82, 2.24) is 19.7 Å². The van der Waals surface area contributed by atoms with Crippen molar-refractivity contribution >= 4 is 22.7 Å². The van der Waals surface area contributed by atoms with Crippen LogP contribution in [0.3, 0.4) is 0 Å². The van der Waals surface area contributed by atoms with E-state index < -0.39 is 0 Å². The number of nitrogens with zero attached hydrogens (tertiary/aromatic N) is 4. The van der Waals surface area contributed by atoms with Gasteiger partial charge in [0.05, 0.1) is 21.8 Å². The third-order valence-electron chi connectivity index (χ3n) is 4.51. The van der Waals surface area contributed by atoms with E-state index in [4.69, 9.17) is 9.40 Å². The lowest BCUT2D eigenvalue weighted by Gasteiger charge is -2.17. The first kappa shape index (κ1) is 18.4. The van der Waals surface area contributed by atoms with Gasteiger partial charge in [-0.1, -0.05) is 41.6 Å². The first-order chi connectivity index (χ1) is 13.4. The van der Waals surface area contributed by atoms with E-state index in [0.29, 0.717) is 27.8 Å². The summed E-state index contributed by atoms with van der Waals surface area (Å²) in [7, 11) is 0. The molecule has 2 aromatic carbocycles. The molecule has 0 N–H and O–H groups in total. The van der Waals surface area contributed by atoms with E-state index in [-0.39, 0.29) is 10.8 Å². The Morgan fingerprint density at radius 2 is 1.86 bits per heavy atom.